The molecule has 1 heterocycles. The molecule has 0 radical (unpaired) electrons. The SMILES string of the molecule is CCc1ccccc1OCC(=O)N[C@H]1CCCNC1. The highest BCUT2D eigenvalue weighted by Crippen LogP contribution is 2.17. The van der Waals surface area contributed by atoms with E-state index in [0.29, 0.717) is 0 Å². The molecule has 4 heteroatoms. The summed E-state index contributed by atoms with van der Waals surface area (Å²) in [5, 5.41) is 6.28. The summed E-state index contributed by atoms with van der Waals surface area (Å²) in [5.74, 6) is 0.765. The second-order valence-electron chi connectivity index (χ2n) is 4.86. The lowest BCUT2D eigenvalue weighted by Crippen LogP contribution is -2.47. The lowest BCUT2D eigenvalue weighted by molar-refractivity contribution is -0.123. The largest absolute Gasteiger partial charge is 0.483 e. The van der Waals surface area contributed by atoms with Crippen molar-refractivity contribution in [1.82, 2.24) is 10.6 Å². The number of amides is 1. The number of para-hydroxylation sites is 1. The van der Waals surface area contributed by atoms with Crippen molar-refractivity contribution in [2.45, 2.75) is 32.2 Å². The average Bonchev–Trinajstić information content (AvgIpc) is 2.46. The van der Waals surface area contributed by atoms with E-state index in [1.807, 2.05) is 24.3 Å². The Kier molecular flexibility index (Phi) is 5.21. The van der Waals surface area contributed by atoms with E-state index in [-0.39, 0.29) is 18.6 Å². The van der Waals surface area contributed by atoms with Gasteiger partial charge in [0, 0.05) is 12.6 Å². The van der Waals surface area contributed by atoms with E-state index in [2.05, 4.69) is 17.6 Å². The monoisotopic (exact) mass is 262 g/mol. The first-order chi connectivity index (χ1) is 9.29. The fraction of sp³-hybridized carbons (Fsp3) is 0.533. The minimum absolute atomic E-state index is 0.0420. The van der Waals surface area contributed by atoms with Crippen LogP contribution in [0.4, 0.5) is 0 Å². The molecule has 19 heavy (non-hydrogen) atoms. The standard InChI is InChI=1S/C15H22N2O2/c1-2-12-6-3-4-8-14(12)19-11-15(18)17-13-7-5-9-16-10-13/h3-4,6,8,13,16H,2,5,7,9-11H2,1H3,(H,17,18)/t13-/m0/s1. The quantitative estimate of drug-likeness (QED) is 0.845. The zero-order valence-corrected chi connectivity index (χ0v) is 11.4. The van der Waals surface area contributed by atoms with Crippen LogP contribution in [0.25, 0.3) is 0 Å². The minimum atomic E-state index is -0.0420. The molecule has 0 aliphatic carbocycles. The summed E-state index contributed by atoms with van der Waals surface area (Å²) < 4.78 is 5.60. The van der Waals surface area contributed by atoms with Gasteiger partial charge in [0.2, 0.25) is 0 Å². The van der Waals surface area contributed by atoms with Gasteiger partial charge in [0.05, 0.1) is 0 Å². The predicted octanol–water partition coefficient (Wildman–Crippen LogP) is 1.50. The van der Waals surface area contributed by atoms with E-state index in [0.717, 1.165) is 43.7 Å². The Morgan fingerprint density at radius 1 is 1.47 bits per heavy atom. The van der Waals surface area contributed by atoms with Crippen molar-refractivity contribution in [3.8, 4) is 5.75 Å². The van der Waals surface area contributed by atoms with Crippen molar-refractivity contribution < 1.29 is 9.53 Å². The maximum absolute atomic E-state index is 11.8. The number of piperidine rings is 1. The van der Waals surface area contributed by atoms with Gasteiger partial charge in [0.25, 0.3) is 5.91 Å². The first kappa shape index (κ1) is 13.9. The number of hydrogen-bond donors (Lipinski definition) is 2. The molecule has 104 valence electrons. The van der Waals surface area contributed by atoms with Crippen LogP contribution in [0.5, 0.6) is 5.75 Å². The summed E-state index contributed by atoms with van der Waals surface area (Å²) in [6, 6.07) is 8.09. The van der Waals surface area contributed by atoms with Crippen LogP contribution in [0.2, 0.25) is 0 Å². The van der Waals surface area contributed by atoms with Gasteiger partial charge < -0.3 is 15.4 Å². The van der Waals surface area contributed by atoms with Crippen molar-refractivity contribution in [2.75, 3.05) is 19.7 Å². The number of nitrogens with one attached hydrogen (secondary N) is 2. The molecular weight excluding hydrogens is 240 g/mol. The second-order valence-corrected chi connectivity index (χ2v) is 4.86. The third kappa shape index (κ3) is 4.24. The van der Waals surface area contributed by atoms with E-state index in [1.165, 1.54) is 0 Å². The van der Waals surface area contributed by atoms with Crippen molar-refractivity contribution in [3.05, 3.63) is 29.8 Å². The summed E-state index contributed by atoms with van der Waals surface area (Å²) in [7, 11) is 0. The summed E-state index contributed by atoms with van der Waals surface area (Å²) in [6.45, 7) is 4.08. The van der Waals surface area contributed by atoms with Crippen LogP contribution in [-0.4, -0.2) is 31.6 Å². The van der Waals surface area contributed by atoms with Crippen LogP contribution in [-0.2, 0) is 11.2 Å². The Bertz CT molecular complexity index is 414. The zero-order valence-electron chi connectivity index (χ0n) is 11.4. The number of carbonyl (C=O) groups is 1. The molecule has 1 aromatic carbocycles. The summed E-state index contributed by atoms with van der Waals surface area (Å²) in [6.07, 6.45) is 3.07. The predicted molar refractivity (Wildman–Crippen MR) is 75.3 cm³/mol. The van der Waals surface area contributed by atoms with Gasteiger partial charge in [-0.1, -0.05) is 25.1 Å². The molecule has 0 aromatic heterocycles. The number of aryl methyl sites for hydroxylation is 1. The third-order valence-corrected chi connectivity index (χ3v) is 3.37. The first-order valence-electron chi connectivity index (χ1n) is 7.00. The van der Waals surface area contributed by atoms with Gasteiger partial charge in [-0.05, 0) is 37.4 Å². The highest BCUT2D eigenvalue weighted by molar-refractivity contribution is 5.77. The Morgan fingerprint density at radius 2 is 2.32 bits per heavy atom. The van der Waals surface area contributed by atoms with Crippen LogP contribution in [0, 0.1) is 0 Å². The van der Waals surface area contributed by atoms with Gasteiger partial charge in [0.1, 0.15) is 5.75 Å². The van der Waals surface area contributed by atoms with Crippen molar-refractivity contribution in [2.24, 2.45) is 0 Å². The maximum Gasteiger partial charge on any atom is 0.258 e. The van der Waals surface area contributed by atoms with Crippen LogP contribution < -0.4 is 15.4 Å². The van der Waals surface area contributed by atoms with E-state index >= 15 is 0 Å². The van der Waals surface area contributed by atoms with E-state index in [9.17, 15) is 4.79 Å². The number of benzene rings is 1. The molecular formula is C15H22N2O2. The van der Waals surface area contributed by atoms with Crippen molar-refractivity contribution in [1.29, 1.82) is 0 Å². The highest BCUT2D eigenvalue weighted by atomic mass is 16.5. The Hall–Kier alpha value is -1.55. The van der Waals surface area contributed by atoms with Crippen LogP contribution in [0.3, 0.4) is 0 Å². The fourth-order valence-electron chi connectivity index (χ4n) is 2.32. The van der Waals surface area contributed by atoms with Gasteiger partial charge >= 0.3 is 0 Å². The minimum Gasteiger partial charge on any atom is -0.483 e. The molecule has 1 aromatic rings. The molecule has 0 spiro atoms. The molecule has 1 atom stereocenters. The van der Waals surface area contributed by atoms with Gasteiger partial charge in [0.15, 0.2) is 6.61 Å². The van der Waals surface area contributed by atoms with Crippen molar-refractivity contribution >= 4 is 5.91 Å². The van der Waals surface area contributed by atoms with Crippen LogP contribution in [0.1, 0.15) is 25.3 Å². The number of hydrogen-bond acceptors (Lipinski definition) is 3. The molecule has 1 aliphatic heterocycles. The van der Waals surface area contributed by atoms with E-state index in [4.69, 9.17) is 4.74 Å². The molecule has 1 fully saturated rings. The lowest BCUT2D eigenvalue weighted by atomic mass is 10.1. The van der Waals surface area contributed by atoms with Gasteiger partial charge in [-0.15, -0.1) is 0 Å². The smallest absolute Gasteiger partial charge is 0.258 e. The molecule has 2 rings (SSSR count). The Morgan fingerprint density at radius 3 is 3.05 bits per heavy atom. The number of ether oxygens (including phenoxy) is 1. The third-order valence-electron chi connectivity index (χ3n) is 3.37. The topological polar surface area (TPSA) is 50.4 Å². The van der Waals surface area contributed by atoms with E-state index in [1.54, 1.807) is 0 Å². The normalized spacial score (nSPS) is 18.9. The molecule has 0 saturated carbocycles. The Labute approximate surface area is 114 Å². The van der Waals surface area contributed by atoms with Gasteiger partial charge in [-0.25, -0.2) is 0 Å². The van der Waals surface area contributed by atoms with Crippen LogP contribution in [0.15, 0.2) is 24.3 Å². The van der Waals surface area contributed by atoms with Gasteiger partial charge in [-0.3, -0.25) is 4.79 Å². The molecule has 1 amide bonds. The van der Waals surface area contributed by atoms with Crippen molar-refractivity contribution in [3.63, 3.8) is 0 Å². The average molecular weight is 262 g/mol. The second kappa shape index (κ2) is 7.14. The molecule has 0 bridgehead atoms. The lowest BCUT2D eigenvalue weighted by Gasteiger charge is -2.23. The zero-order chi connectivity index (χ0) is 13.5. The number of carbonyl (C=O) groups excluding carboxylic acids is 1. The van der Waals surface area contributed by atoms with E-state index < -0.39 is 0 Å². The first-order valence-corrected chi connectivity index (χ1v) is 7.00. The molecule has 1 saturated heterocycles. The highest BCUT2D eigenvalue weighted by Gasteiger charge is 2.15. The molecule has 1 aliphatic rings. The fourth-order valence-corrected chi connectivity index (χ4v) is 2.32. The molecule has 4 nitrogen and oxygen atoms in total. The maximum atomic E-state index is 11.8. The van der Waals surface area contributed by atoms with Gasteiger partial charge in [-0.2, -0.15) is 0 Å². The summed E-state index contributed by atoms with van der Waals surface area (Å²) in [5.41, 5.74) is 1.13. The number of rotatable bonds is 5. The Balaban J connectivity index is 1.79. The summed E-state index contributed by atoms with van der Waals surface area (Å²) in [4.78, 5) is 11.8. The summed E-state index contributed by atoms with van der Waals surface area (Å²) >= 11 is 0. The van der Waals surface area contributed by atoms with Crippen LogP contribution >= 0.6 is 0 Å². The molecule has 2 N–H and O–H groups in total. The molecule has 0 unspecified atom stereocenters.